The largest absolute Gasteiger partial charge is 0.357 e. The van der Waals surface area contributed by atoms with E-state index >= 15 is 0 Å². The van der Waals surface area contributed by atoms with Gasteiger partial charge >= 0.3 is 0 Å². The zero-order chi connectivity index (χ0) is 10.6. The highest BCUT2D eigenvalue weighted by Gasteiger charge is 2.10. The van der Waals surface area contributed by atoms with E-state index < -0.39 is 0 Å². The van der Waals surface area contributed by atoms with Crippen LogP contribution in [0.2, 0.25) is 5.28 Å². The lowest BCUT2D eigenvalue weighted by molar-refractivity contribution is 0.611. The maximum absolute atomic E-state index is 5.72. The standard InChI is InChI=1S/C10H16ClN3/c1-4-5-8(2)14(3)9-6-7-12-10(11)13-9/h6-8H,4-5H2,1-3H3. The maximum atomic E-state index is 5.72. The Hall–Kier alpha value is -0.830. The predicted molar refractivity (Wildman–Crippen MR) is 59.8 cm³/mol. The third-order valence-electron chi connectivity index (χ3n) is 2.34. The summed E-state index contributed by atoms with van der Waals surface area (Å²) in [4.78, 5) is 10.1. The zero-order valence-electron chi connectivity index (χ0n) is 8.87. The quantitative estimate of drug-likeness (QED) is 0.721. The third kappa shape index (κ3) is 2.84. The molecule has 3 nitrogen and oxygen atoms in total. The van der Waals surface area contributed by atoms with Crippen LogP contribution in [-0.4, -0.2) is 23.1 Å². The van der Waals surface area contributed by atoms with Crippen molar-refractivity contribution in [2.45, 2.75) is 32.7 Å². The summed E-state index contributed by atoms with van der Waals surface area (Å²) in [6.07, 6.45) is 4.00. The molecule has 0 aliphatic rings. The van der Waals surface area contributed by atoms with Gasteiger partial charge in [0.05, 0.1) is 0 Å². The van der Waals surface area contributed by atoms with Crippen LogP contribution in [0.3, 0.4) is 0 Å². The van der Waals surface area contributed by atoms with Crippen molar-refractivity contribution >= 4 is 17.4 Å². The van der Waals surface area contributed by atoms with E-state index in [0.29, 0.717) is 11.3 Å². The van der Waals surface area contributed by atoms with Gasteiger partial charge in [0.25, 0.3) is 0 Å². The molecule has 1 rings (SSSR count). The van der Waals surface area contributed by atoms with E-state index in [4.69, 9.17) is 11.6 Å². The van der Waals surface area contributed by atoms with Crippen molar-refractivity contribution in [2.24, 2.45) is 0 Å². The molecule has 0 spiro atoms. The van der Waals surface area contributed by atoms with Gasteiger partial charge in [-0.25, -0.2) is 9.97 Å². The van der Waals surface area contributed by atoms with Gasteiger partial charge in [-0.2, -0.15) is 0 Å². The molecule has 1 aromatic heterocycles. The molecule has 4 heteroatoms. The smallest absolute Gasteiger partial charge is 0.224 e. The average molecular weight is 214 g/mol. The molecule has 0 saturated heterocycles. The summed E-state index contributed by atoms with van der Waals surface area (Å²) in [7, 11) is 2.03. The first-order chi connectivity index (χ1) is 6.65. The van der Waals surface area contributed by atoms with Gasteiger partial charge in [-0.1, -0.05) is 13.3 Å². The van der Waals surface area contributed by atoms with Gasteiger partial charge in [-0.15, -0.1) is 0 Å². The van der Waals surface area contributed by atoms with E-state index in [0.717, 1.165) is 12.2 Å². The number of nitrogens with zero attached hydrogens (tertiary/aromatic N) is 3. The SMILES string of the molecule is CCCC(C)N(C)c1ccnc(Cl)n1. The van der Waals surface area contributed by atoms with E-state index in [9.17, 15) is 0 Å². The Kier molecular flexibility index (Phi) is 4.14. The fourth-order valence-electron chi connectivity index (χ4n) is 1.36. The lowest BCUT2D eigenvalue weighted by atomic mass is 10.2. The lowest BCUT2D eigenvalue weighted by Crippen LogP contribution is -2.29. The monoisotopic (exact) mass is 213 g/mol. The van der Waals surface area contributed by atoms with Gasteiger partial charge < -0.3 is 4.90 Å². The maximum Gasteiger partial charge on any atom is 0.224 e. The fraction of sp³-hybridized carbons (Fsp3) is 0.600. The van der Waals surface area contributed by atoms with Gasteiger partial charge in [0.2, 0.25) is 5.28 Å². The predicted octanol–water partition coefficient (Wildman–Crippen LogP) is 2.75. The highest BCUT2D eigenvalue weighted by molar-refractivity contribution is 6.28. The van der Waals surface area contributed by atoms with Crippen LogP contribution in [0.5, 0.6) is 0 Å². The van der Waals surface area contributed by atoms with Crippen LogP contribution >= 0.6 is 11.6 Å². The van der Waals surface area contributed by atoms with Crippen molar-refractivity contribution in [3.8, 4) is 0 Å². The number of anilines is 1. The molecule has 1 unspecified atom stereocenters. The topological polar surface area (TPSA) is 29.0 Å². The first-order valence-electron chi connectivity index (χ1n) is 4.86. The van der Waals surface area contributed by atoms with Gasteiger partial charge in [0.1, 0.15) is 5.82 Å². The van der Waals surface area contributed by atoms with Crippen molar-refractivity contribution in [3.63, 3.8) is 0 Å². The minimum atomic E-state index is 0.304. The second kappa shape index (κ2) is 5.15. The number of hydrogen-bond donors (Lipinski definition) is 0. The van der Waals surface area contributed by atoms with Crippen LogP contribution in [-0.2, 0) is 0 Å². The Morgan fingerprint density at radius 2 is 2.29 bits per heavy atom. The summed E-state index contributed by atoms with van der Waals surface area (Å²) in [5.74, 6) is 0.881. The number of rotatable bonds is 4. The molecule has 0 saturated carbocycles. The van der Waals surface area contributed by atoms with Crippen molar-refractivity contribution in [3.05, 3.63) is 17.5 Å². The van der Waals surface area contributed by atoms with Gasteiger partial charge in [0.15, 0.2) is 0 Å². The van der Waals surface area contributed by atoms with Crippen LogP contribution in [0.4, 0.5) is 5.82 Å². The fourth-order valence-corrected chi connectivity index (χ4v) is 1.50. The molecule has 1 heterocycles. The van der Waals surface area contributed by atoms with Crippen molar-refractivity contribution in [1.29, 1.82) is 0 Å². The second-order valence-electron chi connectivity index (χ2n) is 3.43. The Labute approximate surface area is 90.1 Å². The zero-order valence-corrected chi connectivity index (χ0v) is 9.62. The first-order valence-corrected chi connectivity index (χ1v) is 5.24. The molecule has 1 aromatic rings. The van der Waals surface area contributed by atoms with Gasteiger partial charge in [-0.05, 0) is 31.0 Å². The summed E-state index contributed by atoms with van der Waals surface area (Å²) in [5, 5.41) is 0.304. The number of aromatic nitrogens is 2. The van der Waals surface area contributed by atoms with Gasteiger partial charge in [-0.3, -0.25) is 0 Å². The van der Waals surface area contributed by atoms with E-state index in [1.807, 2.05) is 13.1 Å². The summed E-state index contributed by atoms with van der Waals surface area (Å²) in [6, 6.07) is 2.35. The molecule has 0 aliphatic carbocycles. The summed E-state index contributed by atoms with van der Waals surface area (Å²) in [5.41, 5.74) is 0. The van der Waals surface area contributed by atoms with E-state index in [2.05, 4.69) is 28.7 Å². The molecule has 14 heavy (non-hydrogen) atoms. The number of hydrogen-bond acceptors (Lipinski definition) is 3. The van der Waals surface area contributed by atoms with Crippen molar-refractivity contribution < 1.29 is 0 Å². The van der Waals surface area contributed by atoms with Crippen LogP contribution < -0.4 is 4.90 Å². The number of halogens is 1. The molecule has 0 amide bonds. The molecule has 1 atom stereocenters. The third-order valence-corrected chi connectivity index (χ3v) is 2.52. The van der Waals surface area contributed by atoms with Crippen molar-refractivity contribution in [1.82, 2.24) is 9.97 Å². The van der Waals surface area contributed by atoms with Crippen molar-refractivity contribution in [2.75, 3.05) is 11.9 Å². The Bertz CT molecular complexity index is 290. The Morgan fingerprint density at radius 3 is 2.86 bits per heavy atom. The highest BCUT2D eigenvalue weighted by atomic mass is 35.5. The van der Waals surface area contributed by atoms with E-state index in [1.165, 1.54) is 6.42 Å². The average Bonchev–Trinajstić information content (AvgIpc) is 2.17. The molecule has 0 aromatic carbocycles. The van der Waals surface area contributed by atoms with Gasteiger partial charge in [0, 0.05) is 19.3 Å². The molecule has 0 fully saturated rings. The summed E-state index contributed by atoms with van der Waals surface area (Å²) in [6.45, 7) is 4.36. The molecular weight excluding hydrogens is 198 g/mol. The molecule has 0 aliphatic heterocycles. The molecule has 0 bridgehead atoms. The van der Waals surface area contributed by atoms with Crippen LogP contribution in [0, 0.1) is 0 Å². The molecule has 78 valence electrons. The molecular formula is C10H16ClN3. The molecule has 0 radical (unpaired) electrons. The van der Waals surface area contributed by atoms with E-state index in [-0.39, 0.29) is 0 Å². The van der Waals surface area contributed by atoms with Crippen LogP contribution in [0.15, 0.2) is 12.3 Å². The minimum absolute atomic E-state index is 0.304. The summed E-state index contributed by atoms with van der Waals surface area (Å²) < 4.78 is 0. The normalized spacial score (nSPS) is 12.6. The van der Waals surface area contributed by atoms with Crippen LogP contribution in [0.25, 0.3) is 0 Å². The van der Waals surface area contributed by atoms with E-state index in [1.54, 1.807) is 6.20 Å². The first kappa shape index (κ1) is 11.2. The van der Waals surface area contributed by atoms with Crippen LogP contribution in [0.1, 0.15) is 26.7 Å². The minimum Gasteiger partial charge on any atom is -0.357 e. The molecule has 0 N–H and O–H groups in total. The lowest BCUT2D eigenvalue weighted by Gasteiger charge is -2.25. The highest BCUT2D eigenvalue weighted by Crippen LogP contribution is 2.15. The second-order valence-corrected chi connectivity index (χ2v) is 3.77. The Balaban J connectivity index is 2.73. The summed E-state index contributed by atoms with van der Waals surface area (Å²) >= 11 is 5.72. The Morgan fingerprint density at radius 1 is 1.57 bits per heavy atom.